The van der Waals surface area contributed by atoms with Gasteiger partial charge in [-0.15, -0.1) is 11.8 Å². The quantitative estimate of drug-likeness (QED) is 0.587. The number of thioether (sulfide) groups is 1. The van der Waals surface area contributed by atoms with E-state index in [1.807, 2.05) is 19.9 Å². The summed E-state index contributed by atoms with van der Waals surface area (Å²) in [4.78, 5) is 30.1. The van der Waals surface area contributed by atoms with Crippen molar-refractivity contribution in [3.8, 4) is 0 Å². The van der Waals surface area contributed by atoms with Gasteiger partial charge in [-0.05, 0) is 51.1 Å². The van der Waals surface area contributed by atoms with Crippen LogP contribution in [0.25, 0.3) is 0 Å². The van der Waals surface area contributed by atoms with E-state index in [2.05, 4.69) is 4.98 Å². The molecule has 0 atom stereocenters. The number of benzene rings is 1. The van der Waals surface area contributed by atoms with Gasteiger partial charge in [0, 0.05) is 17.1 Å². The predicted molar refractivity (Wildman–Crippen MR) is 94.0 cm³/mol. The molecule has 126 valence electrons. The lowest BCUT2D eigenvalue weighted by atomic mass is 10.1. The number of nitrogens with zero attached hydrogens (tertiary/aromatic N) is 2. The summed E-state index contributed by atoms with van der Waals surface area (Å²) in [6.07, 6.45) is 3.30. The Morgan fingerprint density at radius 1 is 1.29 bits per heavy atom. The van der Waals surface area contributed by atoms with Gasteiger partial charge in [0.2, 0.25) is 5.91 Å². The highest BCUT2D eigenvalue weighted by atomic mass is 32.2. The Balaban J connectivity index is 2.09. The number of pyridine rings is 1. The molecule has 1 aromatic heterocycles. The first kappa shape index (κ1) is 18.1. The molecule has 0 spiro atoms. The number of ketones is 1. The van der Waals surface area contributed by atoms with Crippen LogP contribution in [-0.2, 0) is 4.79 Å². The molecular weight excluding hydrogens is 327 g/mol. The van der Waals surface area contributed by atoms with Crippen LogP contribution < -0.4 is 4.90 Å². The fraction of sp³-hybridized carbons (Fsp3) is 0.278. The van der Waals surface area contributed by atoms with E-state index in [0.717, 1.165) is 5.69 Å². The number of rotatable bonds is 6. The number of amides is 1. The number of hydrogen-bond donors (Lipinski definition) is 0. The van der Waals surface area contributed by atoms with Gasteiger partial charge < -0.3 is 4.90 Å². The van der Waals surface area contributed by atoms with Crippen molar-refractivity contribution in [1.82, 2.24) is 4.98 Å². The molecule has 1 amide bonds. The molecule has 1 heterocycles. The van der Waals surface area contributed by atoms with Crippen molar-refractivity contribution in [2.45, 2.75) is 31.7 Å². The van der Waals surface area contributed by atoms with Gasteiger partial charge in [0.1, 0.15) is 5.82 Å². The normalized spacial score (nSPS) is 10.7. The number of carbonyl (C=O) groups excluding carboxylic acids is 2. The molecule has 0 aliphatic carbocycles. The Morgan fingerprint density at radius 3 is 2.58 bits per heavy atom. The highest BCUT2D eigenvalue weighted by Gasteiger charge is 2.19. The minimum atomic E-state index is -0.562. The van der Waals surface area contributed by atoms with Gasteiger partial charge in [-0.2, -0.15) is 0 Å². The van der Waals surface area contributed by atoms with Crippen LogP contribution in [0.2, 0.25) is 0 Å². The largest absolute Gasteiger partial charge is 0.308 e. The highest BCUT2D eigenvalue weighted by Crippen LogP contribution is 2.23. The minimum Gasteiger partial charge on any atom is -0.308 e. The average molecular weight is 346 g/mol. The van der Waals surface area contributed by atoms with E-state index in [-0.39, 0.29) is 29.0 Å². The topological polar surface area (TPSA) is 50.3 Å². The van der Waals surface area contributed by atoms with Crippen molar-refractivity contribution < 1.29 is 14.0 Å². The van der Waals surface area contributed by atoms with Crippen molar-refractivity contribution in [2.75, 3.05) is 10.7 Å². The van der Waals surface area contributed by atoms with Gasteiger partial charge in [-0.3, -0.25) is 14.6 Å². The number of aromatic nitrogens is 1. The Hall–Kier alpha value is -2.21. The Morgan fingerprint density at radius 2 is 2.04 bits per heavy atom. The first-order chi connectivity index (χ1) is 11.4. The van der Waals surface area contributed by atoms with Gasteiger partial charge in [0.15, 0.2) is 5.78 Å². The van der Waals surface area contributed by atoms with Crippen LogP contribution in [0.15, 0.2) is 47.6 Å². The SMILES string of the molecule is CC(=O)c1ccc(SCC(=O)N(c2cccnc2)C(C)C)cc1F. The second kappa shape index (κ2) is 8.06. The summed E-state index contributed by atoms with van der Waals surface area (Å²) >= 11 is 1.24. The third kappa shape index (κ3) is 4.41. The molecule has 6 heteroatoms. The van der Waals surface area contributed by atoms with Crippen molar-refractivity contribution in [2.24, 2.45) is 0 Å². The summed E-state index contributed by atoms with van der Waals surface area (Å²) in [6.45, 7) is 5.18. The molecule has 0 saturated carbocycles. The molecule has 2 rings (SSSR count). The van der Waals surface area contributed by atoms with Crippen molar-refractivity contribution in [3.63, 3.8) is 0 Å². The van der Waals surface area contributed by atoms with Gasteiger partial charge >= 0.3 is 0 Å². The molecule has 0 saturated heterocycles. The predicted octanol–water partition coefficient (Wildman–Crippen LogP) is 3.96. The number of Topliss-reactive ketones (excluding diaryl/α,β-unsaturated/α-hetero) is 1. The average Bonchev–Trinajstić information content (AvgIpc) is 2.53. The molecule has 24 heavy (non-hydrogen) atoms. The number of anilines is 1. The monoisotopic (exact) mass is 346 g/mol. The van der Waals surface area contributed by atoms with Crippen LogP contribution in [0.4, 0.5) is 10.1 Å². The van der Waals surface area contributed by atoms with Crippen LogP contribution in [0.3, 0.4) is 0 Å². The number of carbonyl (C=O) groups is 2. The van der Waals surface area contributed by atoms with E-state index in [9.17, 15) is 14.0 Å². The van der Waals surface area contributed by atoms with E-state index in [1.54, 1.807) is 29.4 Å². The zero-order valence-electron chi connectivity index (χ0n) is 13.8. The summed E-state index contributed by atoms with van der Waals surface area (Å²) < 4.78 is 13.8. The maximum Gasteiger partial charge on any atom is 0.237 e. The summed E-state index contributed by atoms with van der Waals surface area (Å²) in [6, 6.07) is 7.99. The standard InChI is InChI=1S/C18H19FN2O2S/c1-12(2)21(14-5-4-8-20-10-14)18(23)11-24-15-6-7-16(13(3)22)17(19)9-15/h4-10,12H,11H2,1-3H3. The molecule has 1 aromatic carbocycles. The first-order valence-corrected chi connectivity index (χ1v) is 8.54. The maximum atomic E-state index is 13.8. The Bertz CT molecular complexity index is 735. The van der Waals surface area contributed by atoms with Crippen LogP contribution >= 0.6 is 11.8 Å². The third-order valence-corrected chi connectivity index (χ3v) is 4.37. The van der Waals surface area contributed by atoms with Crippen molar-refractivity contribution >= 4 is 29.1 Å². The summed E-state index contributed by atoms with van der Waals surface area (Å²) in [5.74, 6) is -0.791. The van der Waals surface area contributed by atoms with Crippen molar-refractivity contribution in [1.29, 1.82) is 0 Å². The zero-order valence-corrected chi connectivity index (χ0v) is 14.6. The molecule has 2 aromatic rings. The Labute approximate surface area is 145 Å². The molecule has 0 aliphatic rings. The lowest BCUT2D eigenvalue weighted by Crippen LogP contribution is -2.38. The highest BCUT2D eigenvalue weighted by molar-refractivity contribution is 8.00. The second-order valence-electron chi connectivity index (χ2n) is 5.56. The van der Waals surface area contributed by atoms with Gasteiger partial charge in [0.05, 0.1) is 23.2 Å². The molecule has 4 nitrogen and oxygen atoms in total. The second-order valence-corrected chi connectivity index (χ2v) is 6.60. The molecule has 0 aliphatic heterocycles. The van der Waals surface area contributed by atoms with Crippen LogP contribution in [0.5, 0.6) is 0 Å². The van der Waals surface area contributed by atoms with Gasteiger partial charge in [-0.25, -0.2) is 4.39 Å². The fourth-order valence-electron chi connectivity index (χ4n) is 2.31. The molecule has 0 bridgehead atoms. The van der Waals surface area contributed by atoms with E-state index in [4.69, 9.17) is 0 Å². The van der Waals surface area contributed by atoms with E-state index < -0.39 is 5.82 Å². The molecule has 0 N–H and O–H groups in total. The van der Waals surface area contributed by atoms with Gasteiger partial charge in [0.25, 0.3) is 0 Å². The number of hydrogen-bond acceptors (Lipinski definition) is 4. The minimum absolute atomic E-state index is 0.0147. The molecule has 0 unspecified atom stereocenters. The first-order valence-electron chi connectivity index (χ1n) is 7.55. The zero-order chi connectivity index (χ0) is 17.7. The van der Waals surface area contributed by atoms with Crippen LogP contribution in [0, 0.1) is 5.82 Å². The molecular formula is C18H19FN2O2S. The van der Waals surface area contributed by atoms with Crippen molar-refractivity contribution in [3.05, 3.63) is 54.1 Å². The summed E-state index contributed by atoms with van der Waals surface area (Å²) in [5, 5.41) is 0. The van der Waals surface area contributed by atoms with Crippen LogP contribution in [0.1, 0.15) is 31.1 Å². The lowest BCUT2D eigenvalue weighted by Gasteiger charge is -2.26. The summed E-state index contributed by atoms with van der Waals surface area (Å²) in [7, 11) is 0. The third-order valence-electron chi connectivity index (χ3n) is 3.39. The molecule has 0 fully saturated rings. The van der Waals surface area contributed by atoms with E-state index >= 15 is 0 Å². The fourth-order valence-corrected chi connectivity index (χ4v) is 3.09. The van der Waals surface area contributed by atoms with E-state index in [0.29, 0.717) is 4.90 Å². The molecule has 0 radical (unpaired) electrons. The van der Waals surface area contributed by atoms with E-state index in [1.165, 1.54) is 30.8 Å². The summed E-state index contributed by atoms with van der Waals surface area (Å²) in [5.41, 5.74) is 0.793. The smallest absolute Gasteiger partial charge is 0.237 e. The maximum absolute atomic E-state index is 13.8. The Kier molecular flexibility index (Phi) is 6.09. The van der Waals surface area contributed by atoms with Crippen LogP contribution in [-0.4, -0.2) is 28.5 Å². The number of halogens is 1. The van der Waals surface area contributed by atoms with Gasteiger partial charge in [-0.1, -0.05) is 0 Å². The lowest BCUT2D eigenvalue weighted by molar-refractivity contribution is -0.116.